The summed E-state index contributed by atoms with van der Waals surface area (Å²) in [5.41, 5.74) is 0.728. The molecule has 108 valence electrons. The maximum absolute atomic E-state index is 10.7. The number of aliphatic hydroxyl groups excluding tert-OH is 1. The minimum absolute atomic E-state index is 0.120. The molecule has 1 unspecified atom stereocenters. The fourth-order valence-corrected chi connectivity index (χ4v) is 6.98. The van der Waals surface area contributed by atoms with E-state index in [9.17, 15) is 5.11 Å². The topological polar surface area (TPSA) is 32.3 Å². The van der Waals surface area contributed by atoms with Crippen LogP contribution in [0, 0.1) is 28.6 Å². The lowest BCUT2D eigenvalue weighted by Crippen LogP contribution is -2.60. The van der Waals surface area contributed by atoms with Crippen molar-refractivity contribution in [1.29, 1.82) is 0 Å². The first-order valence-electron chi connectivity index (χ1n) is 8.52. The van der Waals surface area contributed by atoms with Gasteiger partial charge >= 0.3 is 0 Å². The molecule has 0 spiro atoms. The van der Waals surface area contributed by atoms with Gasteiger partial charge in [0.1, 0.15) is 0 Å². The van der Waals surface area contributed by atoms with Gasteiger partial charge in [0, 0.05) is 5.41 Å². The van der Waals surface area contributed by atoms with E-state index in [-0.39, 0.29) is 11.5 Å². The van der Waals surface area contributed by atoms with Gasteiger partial charge in [-0.3, -0.25) is 0 Å². The van der Waals surface area contributed by atoms with Gasteiger partial charge in [0.2, 0.25) is 0 Å². The van der Waals surface area contributed by atoms with Crippen molar-refractivity contribution >= 4 is 0 Å². The number of piperidine rings is 1. The highest BCUT2D eigenvalue weighted by atomic mass is 16.3. The van der Waals surface area contributed by atoms with E-state index < -0.39 is 0 Å². The molecule has 0 aromatic rings. The molecule has 1 saturated heterocycles. The molecule has 0 radical (unpaired) electrons. The molecule has 0 aromatic carbocycles. The molecule has 1 aliphatic heterocycles. The van der Waals surface area contributed by atoms with Crippen LogP contribution in [0.25, 0.3) is 0 Å². The maximum atomic E-state index is 10.7. The summed E-state index contributed by atoms with van der Waals surface area (Å²) in [5.74, 6) is 2.99. The second kappa shape index (κ2) is 4.21. The van der Waals surface area contributed by atoms with Gasteiger partial charge < -0.3 is 10.4 Å². The minimum atomic E-state index is -0.120. The zero-order valence-electron chi connectivity index (χ0n) is 12.3. The highest BCUT2D eigenvalue weighted by Crippen LogP contribution is 2.68. The van der Waals surface area contributed by atoms with Crippen LogP contribution >= 0.6 is 0 Å². The average molecular weight is 263 g/mol. The van der Waals surface area contributed by atoms with E-state index in [4.69, 9.17) is 0 Å². The van der Waals surface area contributed by atoms with Crippen LogP contribution in [0.4, 0.5) is 0 Å². The molecule has 5 aliphatic rings. The number of aliphatic hydroxyl groups is 1. The summed E-state index contributed by atoms with van der Waals surface area (Å²) in [6.07, 6.45) is 11.1. The Morgan fingerprint density at radius 1 is 0.947 bits per heavy atom. The second-order valence-electron chi connectivity index (χ2n) is 8.28. The summed E-state index contributed by atoms with van der Waals surface area (Å²) in [6, 6.07) is 0. The van der Waals surface area contributed by atoms with Crippen molar-refractivity contribution in [2.45, 2.75) is 64.4 Å². The summed E-state index contributed by atoms with van der Waals surface area (Å²) in [7, 11) is 0. The van der Waals surface area contributed by atoms with Gasteiger partial charge in [-0.25, -0.2) is 0 Å². The third kappa shape index (κ3) is 1.68. The van der Waals surface area contributed by atoms with E-state index in [2.05, 4.69) is 12.2 Å². The molecule has 4 bridgehead atoms. The highest BCUT2D eigenvalue weighted by molar-refractivity contribution is 5.11. The molecule has 19 heavy (non-hydrogen) atoms. The van der Waals surface area contributed by atoms with Crippen molar-refractivity contribution < 1.29 is 5.11 Å². The third-order valence-corrected chi connectivity index (χ3v) is 7.39. The molecule has 2 nitrogen and oxygen atoms in total. The highest BCUT2D eigenvalue weighted by Gasteiger charge is 2.61. The van der Waals surface area contributed by atoms with Crippen molar-refractivity contribution in [3.05, 3.63) is 0 Å². The predicted octanol–water partition coefficient (Wildman–Crippen LogP) is 2.95. The summed E-state index contributed by atoms with van der Waals surface area (Å²) in [4.78, 5) is 0. The normalized spacial score (nSPS) is 49.3. The van der Waals surface area contributed by atoms with Crippen molar-refractivity contribution in [2.75, 3.05) is 13.1 Å². The van der Waals surface area contributed by atoms with Gasteiger partial charge in [-0.05, 0) is 94.5 Å². The lowest BCUT2D eigenvalue weighted by Gasteiger charge is -2.65. The van der Waals surface area contributed by atoms with Crippen molar-refractivity contribution in [3.63, 3.8) is 0 Å². The van der Waals surface area contributed by atoms with Crippen LogP contribution in [-0.2, 0) is 0 Å². The smallest absolute Gasteiger partial charge is 0.0574 e. The van der Waals surface area contributed by atoms with Crippen LogP contribution in [0.5, 0.6) is 0 Å². The Kier molecular flexibility index (Phi) is 2.80. The first-order valence-corrected chi connectivity index (χ1v) is 8.52. The molecule has 4 aliphatic carbocycles. The van der Waals surface area contributed by atoms with E-state index in [1.54, 1.807) is 0 Å². The Balaban J connectivity index is 1.72. The number of hydrogen-bond acceptors (Lipinski definition) is 2. The van der Waals surface area contributed by atoms with E-state index in [0.717, 1.165) is 30.8 Å². The molecule has 2 heteroatoms. The molecular formula is C17H29NO. The lowest BCUT2D eigenvalue weighted by atomic mass is 9.40. The quantitative estimate of drug-likeness (QED) is 0.803. The number of nitrogens with one attached hydrogen (secondary N) is 1. The van der Waals surface area contributed by atoms with Gasteiger partial charge in [0.15, 0.2) is 0 Å². The van der Waals surface area contributed by atoms with Crippen molar-refractivity contribution in [2.24, 2.45) is 28.6 Å². The van der Waals surface area contributed by atoms with Gasteiger partial charge in [-0.15, -0.1) is 0 Å². The summed E-state index contributed by atoms with van der Waals surface area (Å²) >= 11 is 0. The molecule has 4 saturated carbocycles. The summed E-state index contributed by atoms with van der Waals surface area (Å²) in [5, 5.41) is 14.2. The number of hydrogen-bond donors (Lipinski definition) is 2. The third-order valence-electron chi connectivity index (χ3n) is 7.39. The Bertz CT molecular complexity index is 321. The SMILES string of the molecule is CC(O)C1(C23CC4CC(CC(C4)C2)C3)CCNCC1. The van der Waals surface area contributed by atoms with E-state index in [1.807, 2.05) is 0 Å². The molecule has 5 rings (SSSR count). The van der Waals surface area contributed by atoms with Crippen LogP contribution in [0.2, 0.25) is 0 Å². The van der Waals surface area contributed by atoms with Crippen LogP contribution in [0.3, 0.4) is 0 Å². The zero-order valence-corrected chi connectivity index (χ0v) is 12.3. The van der Waals surface area contributed by atoms with Gasteiger partial charge in [-0.1, -0.05) is 0 Å². The van der Waals surface area contributed by atoms with Gasteiger partial charge in [0.25, 0.3) is 0 Å². The summed E-state index contributed by atoms with van der Waals surface area (Å²) in [6.45, 7) is 4.32. The summed E-state index contributed by atoms with van der Waals surface area (Å²) < 4.78 is 0. The zero-order chi connectivity index (χ0) is 13.1. The maximum Gasteiger partial charge on any atom is 0.0574 e. The molecular weight excluding hydrogens is 234 g/mol. The first kappa shape index (κ1) is 12.6. The fraction of sp³-hybridized carbons (Fsp3) is 1.00. The molecule has 1 atom stereocenters. The largest absolute Gasteiger partial charge is 0.393 e. The fourth-order valence-electron chi connectivity index (χ4n) is 6.98. The second-order valence-corrected chi connectivity index (χ2v) is 8.28. The van der Waals surface area contributed by atoms with Crippen molar-refractivity contribution in [3.8, 4) is 0 Å². The van der Waals surface area contributed by atoms with Crippen LogP contribution in [0.15, 0.2) is 0 Å². The molecule has 0 aromatic heterocycles. The minimum Gasteiger partial charge on any atom is -0.393 e. The molecule has 1 heterocycles. The van der Waals surface area contributed by atoms with Gasteiger partial charge in [0.05, 0.1) is 6.10 Å². The Hall–Kier alpha value is -0.0800. The van der Waals surface area contributed by atoms with Crippen LogP contribution in [-0.4, -0.2) is 24.3 Å². The lowest BCUT2D eigenvalue weighted by molar-refractivity contribution is -0.180. The van der Waals surface area contributed by atoms with Crippen LogP contribution < -0.4 is 5.32 Å². The van der Waals surface area contributed by atoms with E-state index in [0.29, 0.717) is 5.41 Å². The van der Waals surface area contributed by atoms with E-state index in [1.165, 1.54) is 51.4 Å². The van der Waals surface area contributed by atoms with Gasteiger partial charge in [-0.2, -0.15) is 0 Å². The number of rotatable bonds is 2. The predicted molar refractivity (Wildman–Crippen MR) is 76.8 cm³/mol. The van der Waals surface area contributed by atoms with E-state index >= 15 is 0 Å². The first-order chi connectivity index (χ1) is 9.14. The average Bonchev–Trinajstić information content (AvgIpc) is 2.37. The Morgan fingerprint density at radius 3 is 1.84 bits per heavy atom. The molecule has 2 N–H and O–H groups in total. The standard InChI is InChI=1S/C17H29NO/c1-12(19)17(2-4-18-5-3-17)16-9-13-6-14(10-16)8-15(7-13)11-16/h12-15,18-19H,2-11H2,1H3. The van der Waals surface area contributed by atoms with Crippen LogP contribution in [0.1, 0.15) is 58.3 Å². The van der Waals surface area contributed by atoms with Crippen molar-refractivity contribution in [1.82, 2.24) is 5.32 Å². The molecule has 5 fully saturated rings. The Morgan fingerprint density at radius 2 is 1.42 bits per heavy atom. The monoisotopic (exact) mass is 263 g/mol. The Labute approximate surface area is 117 Å². The molecule has 0 amide bonds.